The van der Waals surface area contributed by atoms with Crippen molar-refractivity contribution in [2.45, 2.75) is 19.4 Å². The van der Waals surface area contributed by atoms with E-state index in [1.54, 1.807) is 37.8 Å². The lowest BCUT2D eigenvalue weighted by Gasteiger charge is -2.32. The normalized spacial score (nSPS) is 16.9. The van der Waals surface area contributed by atoms with Crippen LogP contribution in [0.3, 0.4) is 0 Å². The number of aromatic nitrogens is 5. The second-order valence-electron chi connectivity index (χ2n) is 9.71. The molecule has 0 spiro atoms. The molecule has 2 amide bonds. The van der Waals surface area contributed by atoms with Crippen LogP contribution in [-0.4, -0.2) is 76.9 Å². The number of thioether (sulfide) groups is 1. The predicted octanol–water partition coefficient (Wildman–Crippen LogP) is 2.73. The highest BCUT2D eigenvalue weighted by Crippen LogP contribution is 2.27. The maximum atomic E-state index is 11.8. The van der Waals surface area contributed by atoms with Gasteiger partial charge >= 0.3 is 0 Å². The molecule has 0 radical (unpaired) electrons. The Kier molecular flexibility index (Phi) is 8.51. The minimum Gasteiger partial charge on any atom is -0.495 e. The van der Waals surface area contributed by atoms with Gasteiger partial charge in [-0.1, -0.05) is 0 Å². The number of methoxy groups -OCH3 is 1. The lowest BCUT2D eigenvalue weighted by molar-refractivity contribution is -0.115. The number of ether oxygens (including phenoxy) is 1. The summed E-state index contributed by atoms with van der Waals surface area (Å²) in [6.07, 6.45) is 8.85. The minimum absolute atomic E-state index is 0.339. The van der Waals surface area contributed by atoms with E-state index in [2.05, 4.69) is 35.5 Å². The van der Waals surface area contributed by atoms with Crippen molar-refractivity contribution >= 4 is 40.9 Å². The van der Waals surface area contributed by atoms with Gasteiger partial charge in [0.05, 0.1) is 29.1 Å². The van der Waals surface area contributed by atoms with Crippen LogP contribution in [0.5, 0.6) is 5.75 Å². The van der Waals surface area contributed by atoms with E-state index < -0.39 is 5.91 Å². The fourth-order valence-electron chi connectivity index (χ4n) is 4.53. The van der Waals surface area contributed by atoms with Gasteiger partial charge < -0.3 is 19.9 Å². The molecular formula is C27H31N9O3S. The summed E-state index contributed by atoms with van der Waals surface area (Å²) >= 11 is 0.880. The predicted molar refractivity (Wildman–Crippen MR) is 154 cm³/mol. The van der Waals surface area contributed by atoms with Crippen LogP contribution in [0.15, 0.2) is 41.7 Å². The topological polar surface area (TPSA) is 138 Å². The molecule has 3 aromatic rings. The number of pyridine rings is 1. The van der Waals surface area contributed by atoms with Crippen molar-refractivity contribution in [1.82, 2.24) is 35.6 Å². The molecule has 2 N–H and O–H groups in total. The number of nitrogens with zero attached hydrogens (tertiary/aromatic N) is 7. The molecule has 0 saturated carbocycles. The summed E-state index contributed by atoms with van der Waals surface area (Å²) in [5.41, 5.74) is 3.09. The molecule has 208 valence electrons. The summed E-state index contributed by atoms with van der Waals surface area (Å²) in [5, 5.41) is 5.45. The molecule has 0 aromatic carbocycles. The number of imide groups is 1. The number of hydrogen-bond donors (Lipinski definition) is 2. The van der Waals surface area contributed by atoms with Gasteiger partial charge in [0.15, 0.2) is 0 Å². The number of piperidine rings is 1. The van der Waals surface area contributed by atoms with E-state index in [-0.39, 0.29) is 5.24 Å². The highest BCUT2D eigenvalue weighted by Gasteiger charge is 2.26. The summed E-state index contributed by atoms with van der Waals surface area (Å²) in [4.78, 5) is 50.2. The summed E-state index contributed by atoms with van der Waals surface area (Å²) in [7, 11) is 5.46. The van der Waals surface area contributed by atoms with Gasteiger partial charge in [-0.3, -0.25) is 14.9 Å². The van der Waals surface area contributed by atoms with Crippen molar-refractivity contribution in [2.24, 2.45) is 5.92 Å². The molecule has 0 unspecified atom stereocenters. The van der Waals surface area contributed by atoms with E-state index in [1.165, 1.54) is 0 Å². The molecule has 0 aliphatic carbocycles. The zero-order chi connectivity index (χ0) is 28.1. The van der Waals surface area contributed by atoms with E-state index >= 15 is 0 Å². The van der Waals surface area contributed by atoms with E-state index in [1.807, 2.05) is 31.1 Å². The van der Waals surface area contributed by atoms with Crippen molar-refractivity contribution in [3.05, 3.63) is 53.1 Å². The summed E-state index contributed by atoms with van der Waals surface area (Å²) in [6.45, 7) is 3.11. The summed E-state index contributed by atoms with van der Waals surface area (Å²) < 4.78 is 5.55. The fourth-order valence-corrected chi connectivity index (χ4v) is 5.19. The zero-order valence-corrected chi connectivity index (χ0v) is 23.4. The largest absolute Gasteiger partial charge is 0.495 e. The van der Waals surface area contributed by atoms with Crippen LogP contribution in [0.25, 0.3) is 17.3 Å². The highest BCUT2D eigenvalue weighted by molar-refractivity contribution is 8.18. The quantitative estimate of drug-likeness (QED) is 0.372. The molecule has 2 saturated heterocycles. The van der Waals surface area contributed by atoms with Gasteiger partial charge in [0.2, 0.25) is 11.9 Å². The molecule has 5 heterocycles. The van der Waals surface area contributed by atoms with E-state index in [9.17, 15) is 9.59 Å². The number of rotatable bonds is 9. The van der Waals surface area contributed by atoms with Gasteiger partial charge in [-0.2, -0.15) is 0 Å². The average molecular weight is 562 g/mol. The van der Waals surface area contributed by atoms with Crippen molar-refractivity contribution in [3.8, 4) is 17.0 Å². The average Bonchev–Trinajstić information content (AvgIpc) is 3.29. The van der Waals surface area contributed by atoms with Gasteiger partial charge in [0.1, 0.15) is 5.75 Å². The molecule has 3 aromatic heterocycles. The Morgan fingerprint density at radius 1 is 1.12 bits per heavy atom. The molecule has 12 nitrogen and oxygen atoms in total. The van der Waals surface area contributed by atoms with Gasteiger partial charge in [-0.15, -0.1) is 0 Å². The molecule has 0 atom stereocenters. The van der Waals surface area contributed by atoms with E-state index in [0.29, 0.717) is 35.0 Å². The van der Waals surface area contributed by atoms with Gasteiger partial charge in [0.25, 0.3) is 11.1 Å². The first-order valence-electron chi connectivity index (χ1n) is 13.0. The first kappa shape index (κ1) is 27.5. The monoisotopic (exact) mass is 561 g/mol. The van der Waals surface area contributed by atoms with Crippen LogP contribution in [-0.2, 0) is 11.3 Å². The van der Waals surface area contributed by atoms with Crippen LogP contribution >= 0.6 is 11.8 Å². The third-order valence-corrected chi connectivity index (χ3v) is 7.51. The van der Waals surface area contributed by atoms with E-state index in [0.717, 1.165) is 66.9 Å². The third-order valence-electron chi connectivity index (χ3n) is 6.69. The number of hydrogen-bond acceptors (Lipinski definition) is 12. The van der Waals surface area contributed by atoms with Crippen LogP contribution in [0.4, 0.5) is 16.7 Å². The molecule has 13 heteroatoms. The molecule has 40 heavy (non-hydrogen) atoms. The van der Waals surface area contributed by atoms with Gasteiger partial charge in [-0.05, 0) is 61.3 Å². The standard InChI is InChI=1S/C27H31N9O3S/c1-35(2)25-30-14-18(15-31-25)20-4-5-22(39-3)21(33-20)16-28-13-17-7-10-36(11-8-17)26-29-9-6-19(32-26)12-23-24(37)34-27(38)40-23/h4-6,9,12,14-15,17,28H,7-8,10-11,13,16H2,1-3H3,(H,34,37,38). The molecular weight excluding hydrogens is 530 g/mol. The number of anilines is 2. The zero-order valence-electron chi connectivity index (χ0n) is 22.6. The summed E-state index contributed by atoms with van der Waals surface area (Å²) in [5.74, 6) is 2.13. The van der Waals surface area contributed by atoms with Crippen LogP contribution in [0, 0.1) is 5.92 Å². The molecule has 2 fully saturated rings. The lowest BCUT2D eigenvalue weighted by Crippen LogP contribution is -2.38. The van der Waals surface area contributed by atoms with Crippen LogP contribution in [0.1, 0.15) is 24.2 Å². The van der Waals surface area contributed by atoms with Crippen molar-refractivity contribution < 1.29 is 14.3 Å². The van der Waals surface area contributed by atoms with Crippen molar-refractivity contribution in [1.29, 1.82) is 0 Å². The first-order chi connectivity index (χ1) is 19.4. The van der Waals surface area contributed by atoms with Crippen LogP contribution in [0.2, 0.25) is 0 Å². The number of amides is 2. The Balaban J connectivity index is 1.14. The Hall–Kier alpha value is -4.10. The van der Waals surface area contributed by atoms with Crippen LogP contribution < -0.4 is 25.2 Å². The second kappa shape index (κ2) is 12.4. The molecule has 0 bridgehead atoms. The van der Waals surface area contributed by atoms with E-state index in [4.69, 9.17) is 9.72 Å². The Labute approximate surface area is 236 Å². The minimum atomic E-state index is -0.393. The Bertz CT molecular complexity index is 1410. The third kappa shape index (κ3) is 6.54. The van der Waals surface area contributed by atoms with Crippen molar-refractivity contribution in [2.75, 3.05) is 50.6 Å². The number of nitrogens with one attached hydrogen (secondary N) is 2. The lowest BCUT2D eigenvalue weighted by atomic mass is 9.97. The first-order valence-corrected chi connectivity index (χ1v) is 13.8. The number of carbonyl (C=O) groups excluding carboxylic acids is 2. The van der Waals surface area contributed by atoms with Crippen molar-refractivity contribution in [3.63, 3.8) is 0 Å². The van der Waals surface area contributed by atoms with Gasteiger partial charge in [0, 0.05) is 57.9 Å². The molecule has 2 aliphatic heterocycles. The highest BCUT2D eigenvalue weighted by atomic mass is 32.2. The van der Waals surface area contributed by atoms with Gasteiger partial charge in [-0.25, -0.2) is 24.9 Å². The SMILES string of the molecule is COc1ccc(-c2cnc(N(C)C)nc2)nc1CNCC1CCN(c2nccc(C=C3SC(=O)NC3=O)n2)CC1. The Morgan fingerprint density at radius 3 is 2.58 bits per heavy atom. The smallest absolute Gasteiger partial charge is 0.290 e. The summed E-state index contributed by atoms with van der Waals surface area (Å²) in [6, 6.07) is 5.57. The molecule has 5 rings (SSSR count). The molecule has 2 aliphatic rings. The maximum Gasteiger partial charge on any atom is 0.290 e. The maximum absolute atomic E-state index is 11.8. The number of carbonyl (C=O) groups is 2. The fraction of sp³-hybridized carbons (Fsp3) is 0.370. The Morgan fingerprint density at radius 2 is 1.90 bits per heavy atom. The second-order valence-corrected chi connectivity index (χ2v) is 10.7.